The number of benzene rings is 2. The van der Waals surface area contributed by atoms with Gasteiger partial charge in [0.05, 0.1) is 17.0 Å². The van der Waals surface area contributed by atoms with Crippen LogP contribution < -0.4 is 10.9 Å². The summed E-state index contributed by atoms with van der Waals surface area (Å²) < 4.78 is 27.4. The highest BCUT2D eigenvalue weighted by Gasteiger charge is 2.12. The van der Waals surface area contributed by atoms with Gasteiger partial charge in [0.25, 0.3) is 0 Å². The lowest BCUT2D eigenvalue weighted by Crippen LogP contribution is -2.12. The van der Waals surface area contributed by atoms with Crippen molar-refractivity contribution in [2.45, 2.75) is 13.8 Å². The van der Waals surface area contributed by atoms with E-state index < -0.39 is 11.6 Å². The van der Waals surface area contributed by atoms with Crippen LogP contribution in [0.4, 0.5) is 14.5 Å². The largest absolute Gasteiger partial charge is 0.278 e. The molecule has 0 amide bonds. The van der Waals surface area contributed by atoms with E-state index in [4.69, 9.17) is 7.85 Å². The molecule has 0 atom stereocenters. The standard InChI is InChI=1S/C15H13BF2N2/c1-9-3-5-12(6-4-9)20-19-10(2)15-13(17)7-11(16)8-14(15)18/h3-8,20H,1-2H3/b19-10+. The first-order chi connectivity index (χ1) is 9.47. The van der Waals surface area contributed by atoms with Crippen LogP contribution >= 0.6 is 0 Å². The van der Waals surface area contributed by atoms with Crippen LogP contribution in [0.1, 0.15) is 18.1 Å². The summed E-state index contributed by atoms with van der Waals surface area (Å²) in [4.78, 5) is 0. The van der Waals surface area contributed by atoms with Crippen molar-refractivity contribution in [3.8, 4) is 0 Å². The van der Waals surface area contributed by atoms with Crippen molar-refractivity contribution >= 4 is 24.7 Å². The lowest BCUT2D eigenvalue weighted by molar-refractivity contribution is 0.580. The molecule has 0 bridgehead atoms. The van der Waals surface area contributed by atoms with Crippen molar-refractivity contribution in [2.75, 3.05) is 5.43 Å². The van der Waals surface area contributed by atoms with Gasteiger partial charge < -0.3 is 0 Å². The van der Waals surface area contributed by atoms with Crippen LogP contribution in [-0.2, 0) is 0 Å². The normalized spacial score (nSPS) is 11.5. The summed E-state index contributed by atoms with van der Waals surface area (Å²) in [5.41, 5.74) is 4.69. The maximum absolute atomic E-state index is 13.7. The summed E-state index contributed by atoms with van der Waals surface area (Å²) in [6.45, 7) is 3.50. The Labute approximate surface area is 117 Å². The second-order valence-corrected chi connectivity index (χ2v) is 4.53. The number of aryl methyl sites for hydroxylation is 1. The molecule has 0 unspecified atom stereocenters. The molecule has 0 fully saturated rings. The van der Waals surface area contributed by atoms with Crippen molar-refractivity contribution in [3.63, 3.8) is 0 Å². The molecule has 0 heterocycles. The van der Waals surface area contributed by atoms with Gasteiger partial charge in [0.2, 0.25) is 0 Å². The zero-order valence-corrected chi connectivity index (χ0v) is 11.2. The van der Waals surface area contributed by atoms with Crippen LogP contribution in [-0.4, -0.2) is 13.6 Å². The van der Waals surface area contributed by atoms with Crippen molar-refractivity contribution in [1.29, 1.82) is 0 Å². The lowest BCUT2D eigenvalue weighted by Gasteiger charge is -2.07. The molecule has 0 saturated carbocycles. The molecule has 0 aromatic heterocycles. The number of anilines is 1. The minimum absolute atomic E-state index is 0.0445. The Morgan fingerprint density at radius 3 is 2.20 bits per heavy atom. The third-order valence-corrected chi connectivity index (χ3v) is 2.83. The first-order valence-corrected chi connectivity index (χ1v) is 6.09. The summed E-state index contributed by atoms with van der Waals surface area (Å²) in [5.74, 6) is -1.45. The third kappa shape index (κ3) is 3.23. The van der Waals surface area contributed by atoms with Crippen LogP contribution in [0.3, 0.4) is 0 Å². The highest BCUT2D eigenvalue weighted by Crippen LogP contribution is 2.13. The fraction of sp³-hybridized carbons (Fsp3) is 0.133. The molecule has 0 spiro atoms. The molecule has 20 heavy (non-hydrogen) atoms. The van der Waals surface area contributed by atoms with E-state index in [-0.39, 0.29) is 16.7 Å². The lowest BCUT2D eigenvalue weighted by atomic mass is 9.93. The molecule has 1 N–H and O–H groups in total. The van der Waals surface area contributed by atoms with Gasteiger partial charge in [-0.25, -0.2) is 8.78 Å². The van der Waals surface area contributed by atoms with Crippen LogP contribution in [0.2, 0.25) is 0 Å². The summed E-state index contributed by atoms with van der Waals surface area (Å²) in [7, 11) is 5.37. The molecular formula is C15H13BF2N2. The fourth-order valence-electron chi connectivity index (χ4n) is 1.77. The van der Waals surface area contributed by atoms with Gasteiger partial charge in [-0.3, -0.25) is 5.43 Å². The molecule has 2 aromatic carbocycles. The van der Waals surface area contributed by atoms with Crippen molar-refractivity contribution in [3.05, 3.63) is 59.2 Å². The van der Waals surface area contributed by atoms with Crippen molar-refractivity contribution < 1.29 is 8.78 Å². The highest BCUT2D eigenvalue weighted by molar-refractivity contribution is 6.32. The fourth-order valence-corrected chi connectivity index (χ4v) is 1.77. The number of hydrazone groups is 1. The number of nitrogens with zero attached hydrogens (tertiary/aromatic N) is 1. The Bertz CT molecular complexity index is 628. The first-order valence-electron chi connectivity index (χ1n) is 6.09. The molecule has 2 radical (unpaired) electrons. The maximum Gasteiger partial charge on any atom is 0.134 e. The highest BCUT2D eigenvalue weighted by atomic mass is 19.1. The number of hydrogen-bond donors (Lipinski definition) is 1. The van der Waals surface area contributed by atoms with Gasteiger partial charge in [-0.1, -0.05) is 23.2 Å². The number of halogens is 2. The molecular weight excluding hydrogens is 257 g/mol. The summed E-state index contributed by atoms with van der Waals surface area (Å²) in [6, 6.07) is 9.64. The molecule has 2 aromatic rings. The Morgan fingerprint density at radius 2 is 1.65 bits per heavy atom. The zero-order valence-electron chi connectivity index (χ0n) is 11.2. The maximum atomic E-state index is 13.7. The van der Waals surface area contributed by atoms with Crippen molar-refractivity contribution in [1.82, 2.24) is 0 Å². The minimum Gasteiger partial charge on any atom is -0.278 e. The van der Waals surface area contributed by atoms with E-state index in [1.165, 1.54) is 6.92 Å². The summed E-state index contributed by atoms with van der Waals surface area (Å²) in [5, 5.41) is 3.99. The summed E-state index contributed by atoms with van der Waals surface area (Å²) in [6.07, 6.45) is 0. The molecule has 0 aliphatic heterocycles. The van der Waals surface area contributed by atoms with Gasteiger partial charge in [-0.15, -0.1) is 0 Å². The Morgan fingerprint density at radius 1 is 1.10 bits per heavy atom. The van der Waals surface area contributed by atoms with E-state index in [1.807, 2.05) is 31.2 Å². The molecule has 100 valence electrons. The SMILES string of the molecule is [B]c1cc(F)c(/C(C)=N/Nc2ccc(C)cc2)c(F)c1. The molecule has 0 aliphatic rings. The van der Waals surface area contributed by atoms with Gasteiger partial charge in [-0.05, 0) is 38.1 Å². The van der Waals surface area contributed by atoms with E-state index in [2.05, 4.69) is 10.5 Å². The quantitative estimate of drug-likeness (QED) is 0.517. The van der Waals surface area contributed by atoms with Gasteiger partial charge >= 0.3 is 0 Å². The molecule has 2 nitrogen and oxygen atoms in total. The Hall–Kier alpha value is -2.17. The van der Waals surface area contributed by atoms with E-state index in [1.54, 1.807) is 0 Å². The topological polar surface area (TPSA) is 24.4 Å². The van der Waals surface area contributed by atoms with E-state index in [0.717, 1.165) is 23.4 Å². The van der Waals surface area contributed by atoms with E-state index in [0.29, 0.717) is 0 Å². The summed E-state index contributed by atoms with van der Waals surface area (Å²) >= 11 is 0. The number of hydrogen-bond acceptors (Lipinski definition) is 2. The van der Waals surface area contributed by atoms with Gasteiger partial charge in [-0.2, -0.15) is 5.10 Å². The Balaban J connectivity index is 2.25. The number of rotatable bonds is 3. The average Bonchev–Trinajstić information content (AvgIpc) is 2.37. The van der Waals surface area contributed by atoms with E-state index in [9.17, 15) is 8.78 Å². The second-order valence-electron chi connectivity index (χ2n) is 4.53. The monoisotopic (exact) mass is 270 g/mol. The van der Waals surface area contributed by atoms with Crippen LogP contribution in [0.25, 0.3) is 0 Å². The zero-order chi connectivity index (χ0) is 14.7. The average molecular weight is 270 g/mol. The smallest absolute Gasteiger partial charge is 0.134 e. The predicted octanol–water partition coefficient (Wildman–Crippen LogP) is 2.90. The van der Waals surface area contributed by atoms with Crippen LogP contribution in [0.5, 0.6) is 0 Å². The van der Waals surface area contributed by atoms with Gasteiger partial charge in [0, 0.05) is 0 Å². The van der Waals surface area contributed by atoms with Gasteiger partial charge in [0.1, 0.15) is 19.5 Å². The second kappa shape index (κ2) is 5.86. The van der Waals surface area contributed by atoms with Crippen LogP contribution in [0.15, 0.2) is 41.5 Å². The van der Waals surface area contributed by atoms with Crippen molar-refractivity contribution in [2.24, 2.45) is 5.10 Å². The molecule has 0 aliphatic carbocycles. The number of nitrogens with one attached hydrogen (secondary N) is 1. The third-order valence-electron chi connectivity index (χ3n) is 2.83. The van der Waals surface area contributed by atoms with E-state index >= 15 is 0 Å². The minimum atomic E-state index is -0.727. The van der Waals surface area contributed by atoms with Gasteiger partial charge in [0.15, 0.2) is 0 Å². The first kappa shape index (κ1) is 14.2. The molecule has 0 saturated heterocycles. The van der Waals surface area contributed by atoms with Crippen LogP contribution in [0, 0.1) is 18.6 Å². The molecule has 5 heteroatoms. The molecule has 2 rings (SSSR count). The predicted molar refractivity (Wildman–Crippen MR) is 78.8 cm³/mol. The Kier molecular flexibility index (Phi) is 4.18.